The largest absolute Gasteiger partial charge is 0.466 e. The number of carbonyl (C=O) groups excluding carboxylic acids is 2. The first-order valence-corrected chi connectivity index (χ1v) is 16.9. The smallest absolute Gasteiger partial charge is 0.337 e. The number of dihydropyridines is 1. The third kappa shape index (κ3) is 8.17. The highest BCUT2D eigenvalue weighted by Crippen LogP contribution is 2.42. The van der Waals surface area contributed by atoms with Gasteiger partial charge >= 0.3 is 11.9 Å². The molecule has 256 valence electrons. The Balaban J connectivity index is 1.43. The van der Waals surface area contributed by atoms with Crippen molar-refractivity contribution < 1.29 is 24.0 Å². The minimum Gasteiger partial charge on any atom is -0.466 e. The summed E-state index contributed by atoms with van der Waals surface area (Å²) in [4.78, 5) is 41.2. The lowest BCUT2D eigenvalue weighted by Crippen LogP contribution is -2.41. The Bertz CT molecular complexity index is 1710. The Hall–Kier alpha value is -5.02. The second kappa shape index (κ2) is 15.9. The Morgan fingerprint density at radius 3 is 2.18 bits per heavy atom. The first kappa shape index (κ1) is 35.3. The summed E-state index contributed by atoms with van der Waals surface area (Å²) in [5.41, 5.74) is 3.51. The summed E-state index contributed by atoms with van der Waals surface area (Å²) in [6.07, 6.45) is 7.12. The highest BCUT2D eigenvalue weighted by molar-refractivity contribution is 6.00. The van der Waals surface area contributed by atoms with Crippen LogP contribution >= 0.6 is 0 Å². The van der Waals surface area contributed by atoms with Crippen LogP contribution in [0.1, 0.15) is 75.0 Å². The third-order valence-electron chi connectivity index (χ3n) is 9.53. The van der Waals surface area contributed by atoms with Crippen molar-refractivity contribution in [2.45, 2.75) is 63.9 Å². The number of nitro benzene ring substituents is 1. The van der Waals surface area contributed by atoms with Crippen LogP contribution in [0, 0.1) is 10.1 Å². The zero-order valence-electron chi connectivity index (χ0n) is 28.7. The van der Waals surface area contributed by atoms with E-state index in [-0.39, 0.29) is 22.8 Å². The van der Waals surface area contributed by atoms with Crippen LogP contribution in [0.15, 0.2) is 120 Å². The van der Waals surface area contributed by atoms with E-state index in [4.69, 9.17) is 9.47 Å². The van der Waals surface area contributed by atoms with Crippen LogP contribution in [-0.4, -0.2) is 54.1 Å². The van der Waals surface area contributed by atoms with Gasteiger partial charge < -0.3 is 14.8 Å². The van der Waals surface area contributed by atoms with Crippen molar-refractivity contribution in [3.8, 4) is 0 Å². The Labute approximate surface area is 288 Å². The van der Waals surface area contributed by atoms with Gasteiger partial charge in [-0.25, -0.2) is 9.59 Å². The predicted molar refractivity (Wildman–Crippen MR) is 190 cm³/mol. The number of rotatable bonds is 13. The molecule has 0 bridgehead atoms. The average Bonchev–Trinajstić information content (AvgIpc) is 3.50. The van der Waals surface area contributed by atoms with Gasteiger partial charge in [-0.1, -0.05) is 91.9 Å². The number of nitrogens with one attached hydrogen (secondary N) is 1. The molecule has 5 rings (SSSR count). The van der Waals surface area contributed by atoms with Crippen LogP contribution < -0.4 is 5.32 Å². The molecule has 2 atom stereocenters. The number of hydrogen-bond donors (Lipinski definition) is 1. The Kier molecular flexibility index (Phi) is 11.5. The van der Waals surface area contributed by atoms with Gasteiger partial charge in [-0.15, -0.1) is 0 Å². The van der Waals surface area contributed by atoms with Gasteiger partial charge in [-0.05, 0) is 49.9 Å². The summed E-state index contributed by atoms with van der Waals surface area (Å²) < 4.78 is 11.7. The fraction of sp³-hybridized carbons (Fsp3) is 0.350. The number of esters is 2. The number of likely N-dealkylation sites (tertiary alicyclic amines) is 1. The van der Waals surface area contributed by atoms with Gasteiger partial charge in [0.15, 0.2) is 0 Å². The summed E-state index contributed by atoms with van der Waals surface area (Å²) >= 11 is 0. The fourth-order valence-electron chi connectivity index (χ4n) is 7.13. The molecule has 3 aromatic rings. The van der Waals surface area contributed by atoms with Crippen molar-refractivity contribution in [2.24, 2.45) is 0 Å². The molecular formula is C40H45N3O6. The van der Waals surface area contributed by atoms with E-state index in [1.807, 2.05) is 12.1 Å². The second-order valence-corrected chi connectivity index (χ2v) is 12.8. The van der Waals surface area contributed by atoms with Gasteiger partial charge in [0.05, 0.1) is 29.1 Å². The number of ether oxygens (including phenoxy) is 2. The van der Waals surface area contributed by atoms with Crippen LogP contribution in [0.25, 0.3) is 0 Å². The molecule has 49 heavy (non-hydrogen) atoms. The zero-order valence-corrected chi connectivity index (χ0v) is 28.7. The Morgan fingerprint density at radius 2 is 1.59 bits per heavy atom. The number of hydrogen-bond acceptors (Lipinski definition) is 8. The zero-order chi connectivity index (χ0) is 35.0. The summed E-state index contributed by atoms with van der Waals surface area (Å²) in [5, 5.41) is 14.9. The van der Waals surface area contributed by atoms with Gasteiger partial charge in [0, 0.05) is 55.4 Å². The van der Waals surface area contributed by atoms with E-state index in [2.05, 4.69) is 77.8 Å². The van der Waals surface area contributed by atoms with Crippen LogP contribution in [0.2, 0.25) is 0 Å². The van der Waals surface area contributed by atoms with Crippen LogP contribution in [0.3, 0.4) is 0 Å². The standard InChI is InChI=1S/C40H45N3O6/c1-5-6-13-22-40(23-25-42(27-40)24-21-34(30-15-9-7-10-16-30)31-17-11-8-12-18-31)49-39(45)36-29(3)41-28(2)35(38(44)48-4)37(36)32-19-14-20-33(26-32)43(46)47/h6-20,26,34,37,41H,5,21-25,27H2,1-4H3/b13-6-/t37-,40+/m0/s1. The van der Waals surface area contributed by atoms with Crippen molar-refractivity contribution >= 4 is 17.6 Å². The van der Waals surface area contributed by atoms with Crippen molar-refractivity contribution in [3.05, 3.63) is 146 Å². The predicted octanol–water partition coefficient (Wildman–Crippen LogP) is 7.57. The van der Waals surface area contributed by atoms with Gasteiger partial charge in [-0.2, -0.15) is 0 Å². The fourth-order valence-corrected chi connectivity index (χ4v) is 7.13. The lowest BCUT2D eigenvalue weighted by Gasteiger charge is -2.34. The number of nitrogens with zero attached hydrogens (tertiary/aromatic N) is 2. The highest BCUT2D eigenvalue weighted by Gasteiger charge is 2.44. The highest BCUT2D eigenvalue weighted by atomic mass is 16.6. The molecule has 1 fully saturated rings. The van der Waals surface area contributed by atoms with E-state index in [0.717, 1.165) is 25.9 Å². The van der Waals surface area contributed by atoms with Gasteiger partial charge in [0.25, 0.3) is 5.69 Å². The topological polar surface area (TPSA) is 111 Å². The minimum absolute atomic E-state index is 0.139. The van der Waals surface area contributed by atoms with E-state index < -0.39 is 28.4 Å². The third-order valence-corrected chi connectivity index (χ3v) is 9.53. The summed E-state index contributed by atoms with van der Waals surface area (Å²) in [5.74, 6) is -1.88. The van der Waals surface area contributed by atoms with Gasteiger partial charge in [-0.3, -0.25) is 15.0 Å². The number of allylic oxidation sites excluding steroid dienone is 3. The van der Waals surface area contributed by atoms with Crippen LogP contribution in [0.5, 0.6) is 0 Å². The average molecular weight is 664 g/mol. The van der Waals surface area contributed by atoms with Crippen molar-refractivity contribution in [3.63, 3.8) is 0 Å². The lowest BCUT2D eigenvalue weighted by molar-refractivity contribution is -0.384. The number of methoxy groups -OCH3 is 1. The number of benzene rings is 3. The number of non-ortho nitro benzene ring substituents is 1. The Morgan fingerprint density at radius 1 is 0.959 bits per heavy atom. The molecule has 1 saturated heterocycles. The lowest BCUT2D eigenvalue weighted by atomic mass is 9.80. The second-order valence-electron chi connectivity index (χ2n) is 12.8. The van der Waals surface area contributed by atoms with E-state index >= 15 is 0 Å². The first-order chi connectivity index (χ1) is 23.7. The number of carbonyl (C=O) groups is 2. The minimum atomic E-state index is -0.917. The summed E-state index contributed by atoms with van der Waals surface area (Å²) in [7, 11) is 1.28. The molecule has 9 heteroatoms. The molecule has 0 radical (unpaired) electrons. The van der Waals surface area contributed by atoms with Crippen LogP contribution in [0.4, 0.5) is 5.69 Å². The van der Waals surface area contributed by atoms with E-state index in [9.17, 15) is 19.7 Å². The quantitative estimate of drug-likeness (QED) is 0.0863. The summed E-state index contributed by atoms with van der Waals surface area (Å²) in [6.45, 7) is 7.70. The molecule has 1 N–H and O–H groups in total. The van der Waals surface area contributed by atoms with Crippen molar-refractivity contribution in [1.29, 1.82) is 0 Å². The maximum atomic E-state index is 14.4. The molecule has 0 unspecified atom stereocenters. The molecular weight excluding hydrogens is 618 g/mol. The molecule has 3 aromatic carbocycles. The maximum Gasteiger partial charge on any atom is 0.337 e. The van der Waals surface area contributed by atoms with E-state index in [0.29, 0.717) is 36.3 Å². The maximum absolute atomic E-state index is 14.4. The van der Waals surface area contributed by atoms with Gasteiger partial charge in [0.1, 0.15) is 5.60 Å². The molecule has 2 aliphatic heterocycles. The normalized spacial score (nSPS) is 19.7. The van der Waals surface area contributed by atoms with Crippen molar-refractivity contribution in [2.75, 3.05) is 26.7 Å². The van der Waals surface area contributed by atoms with Crippen LogP contribution in [-0.2, 0) is 19.1 Å². The van der Waals surface area contributed by atoms with E-state index in [1.165, 1.54) is 30.4 Å². The molecule has 2 aliphatic rings. The molecule has 0 aliphatic carbocycles. The molecule has 0 saturated carbocycles. The molecule has 2 heterocycles. The SMILES string of the molecule is CC/C=C\C[C@@]1(OC(=O)C2=C(C)NC(C)=C(C(=O)OC)[C@@H]2c2cccc([N+](=O)[O-])c2)CCN(CCC(c2ccccc2)c2ccccc2)C1. The molecule has 0 amide bonds. The molecule has 0 spiro atoms. The first-order valence-electron chi connectivity index (χ1n) is 16.9. The number of nitro groups is 1. The summed E-state index contributed by atoms with van der Waals surface area (Å²) in [6, 6.07) is 27.1. The van der Waals surface area contributed by atoms with E-state index in [1.54, 1.807) is 26.0 Å². The monoisotopic (exact) mass is 663 g/mol. The molecule has 0 aromatic heterocycles. The molecule has 9 nitrogen and oxygen atoms in total. The van der Waals surface area contributed by atoms with Gasteiger partial charge in [0.2, 0.25) is 0 Å². The van der Waals surface area contributed by atoms with Crippen molar-refractivity contribution in [1.82, 2.24) is 10.2 Å².